The number of nitrogens with two attached hydrogens (primary N) is 1. The van der Waals surface area contributed by atoms with Crippen molar-refractivity contribution in [3.63, 3.8) is 0 Å². The molecule has 1 fully saturated rings. The number of nitrogens with one attached hydrogen (secondary N) is 1. The van der Waals surface area contributed by atoms with E-state index < -0.39 is 11.8 Å². The first-order valence-electron chi connectivity index (χ1n) is 7.45. The summed E-state index contributed by atoms with van der Waals surface area (Å²) < 4.78 is 0. The zero-order valence-electron chi connectivity index (χ0n) is 12.5. The van der Waals surface area contributed by atoms with Crippen LogP contribution < -0.4 is 11.1 Å². The van der Waals surface area contributed by atoms with Crippen molar-refractivity contribution in [2.75, 3.05) is 13.1 Å². The van der Waals surface area contributed by atoms with E-state index in [0.29, 0.717) is 32.1 Å². The molecule has 0 saturated carbocycles. The van der Waals surface area contributed by atoms with Gasteiger partial charge in [0.05, 0.1) is 0 Å². The highest BCUT2D eigenvalue weighted by Crippen LogP contribution is 2.15. The highest BCUT2D eigenvalue weighted by Gasteiger charge is 2.25. The van der Waals surface area contributed by atoms with Crippen LogP contribution in [0, 0.1) is 5.92 Å². The molecule has 21 heavy (non-hydrogen) atoms. The molecule has 1 aromatic carbocycles. The lowest BCUT2D eigenvalue weighted by atomic mass is 10.0. The van der Waals surface area contributed by atoms with E-state index >= 15 is 0 Å². The van der Waals surface area contributed by atoms with E-state index in [0.717, 1.165) is 24.0 Å². The average molecular weight is 289 g/mol. The van der Waals surface area contributed by atoms with Crippen molar-refractivity contribution in [1.29, 1.82) is 0 Å². The summed E-state index contributed by atoms with van der Waals surface area (Å²) >= 11 is 0. The standard InChI is InChI=1S/C16H23N3O2/c1-12-4-3-7-19(11-12)16(21)15(20)18-10-14-6-2-5-13(8-14)9-17/h2,5-6,8,12H,3-4,7,9-11,17H2,1H3,(H,18,20). The van der Waals surface area contributed by atoms with Crippen LogP contribution in [0.25, 0.3) is 0 Å². The second-order valence-corrected chi connectivity index (χ2v) is 5.71. The normalized spacial score (nSPS) is 18.4. The van der Waals surface area contributed by atoms with Crippen molar-refractivity contribution in [3.8, 4) is 0 Å². The van der Waals surface area contributed by atoms with E-state index in [4.69, 9.17) is 5.73 Å². The van der Waals surface area contributed by atoms with E-state index in [-0.39, 0.29) is 0 Å². The number of rotatable bonds is 3. The van der Waals surface area contributed by atoms with E-state index in [1.54, 1.807) is 4.90 Å². The molecule has 2 rings (SSSR count). The molecule has 1 aliphatic rings. The molecule has 0 radical (unpaired) electrons. The summed E-state index contributed by atoms with van der Waals surface area (Å²) in [4.78, 5) is 25.7. The molecule has 5 heteroatoms. The number of nitrogens with zero attached hydrogens (tertiary/aromatic N) is 1. The monoisotopic (exact) mass is 289 g/mol. The van der Waals surface area contributed by atoms with Crippen molar-refractivity contribution >= 4 is 11.8 Å². The Kier molecular flexibility index (Phi) is 5.33. The number of amides is 2. The van der Waals surface area contributed by atoms with Gasteiger partial charge in [-0.3, -0.25) is 9.59 Å². The molecular formula is C16H23N3O2. The maximum absolute atomic E-state index is 12.1. The summed E-state index contributed by atoms with van der Waals surface area (Å²) in [5, 5.41) is 2.69. The predicted octanol–water partition coefficient (Wildman–Crippen LogP) is 1.02. The van der Waals surface area contributed by atoms with Gasteiger partial charge in [-0.2, -0.15) is 0 Å². The van der Waals surface area contributed by atoms with Crippen LogP contribution in [-0.4, -0.2) is 29.8 Å². The number of piperidine rings is 1. The molecule has 5 nitrogen and oxygen atoms in total. The number of hydrogen-bond acceptors (Lipinski definition) is 3. The van der Waals surface area contributed by atoms with Crippen molar-refractivity contribution in [2.45, 2.75) is 32.9 Å². The van der Waals surface area contributed by atoms with Crippen molar-refractivity contribution in [1.82, 2.24) is 10.2 Å². The Morgan fingerprint density at radius 3 is 2.86 bits per heavy atom. The lowest BCUT2D eigenvalue weighted by molar-refractivity contribution is -0.147. The highest BCUT2D eigenvalue weighted by atomic mass is 16.2. The summed E-state index contributed by atoms with van der Waals surface area (Å²) in [5.74, 6) is -0.476. The molecule has 0 spiro atoms. The number of benzene rings is 1. The number of likely N-dealkylation sites (tertiary alicyclic amines) is 1. The van der Waals surface area contributed by atoms with Crippen LogP contribution in [0.3, 0.4) is 0 Å². The van der Waals surface area contributed by atoms with Gasteiger partial charge in [-0.25, -0.2) is 0 Å². The fourth-order valence-corrected chi connectivity index (χ4v) is 2.64. The van der Waals surface area contributed by atoms with Gasteiger partial charge >= 0.3 is 11.8 Å². The zero-order chi connectivity index (χ0) is 15.2. The van der Waals surface area contributed by atoms with Crippen LogP contribution in [0.4, 0.5) is 0 Å². The fourth-order valence-electron chi connectivity index (χ4n) is 2.64. The predicted molar refractivity (Wildman–Crippen MR) is 81.2 cm³/mol. The Labute approximate surface area is 125 Å². The maximum Gasteiger partial charge on any atom is 0.311 e. The Hall–Kier alpha value is -1.88. The van der Waals surface area contributed by atoms with Gasteiger partial charge in [-0.15, -0.1) is 0 Å². The highest BCUT2D eigenvalue weighted by molar-refractivity contribution is 6.34. The third kappa shape index (κ3) is 4.29. The lowest BCUT2D eigenvalue weighted by Gasteiger charge is -2.30. The van der Waals surface area contributed by atoms with Crippen LogP contribution >= 0.6 is 0 Å². The van der Waals surface area contributed by atoms with E-state index in [1.165, 1.54) is 0 Å². The maximum atomic E-state index is 12.1. The molecule has 114 valence electrons. The molecule has 1 heterocycles. The zero-order valence-corrected chi connectivity index (χ0v) is 12.5. The second-order valence-electron chi connectivity index (χ2n) is 5.71. The first-order chi connectivity index (χ1) is 10.1. The Morgan fingerprint density at radius 1 is 1.38 bits per heavy atom. The average Bonchev–Trinajstić information content (AvgIpc) is 2.52. The fraction of sp³-hybridized carbons (Fsp3) is 0.500. The molecule has 1 atom stereocenters. The molecular weight excluding hydrogens is 266 g/mol. The van der Waals surface area contributed by atoms with Crippen molar-refractivity contribution in [2.24, 2.45) is 11.7 Å². The van der Waals surface area contributed by atoms with Crippen LogP contribution in [0.15, 0.2) is 24.3 Å². The van der Waals surface area contributed by atoms with Crippen LogP contribution in [0.2, 0.25) is 0 Å². The first-order valence-corrected chi connectivity index (χ1v) is 7.45. The molecule has 2 amide bonds. The number of carbonyl (C=O) groups is 2. The largest absolute Gasteiger partial charge is 0.344 e. The second kappa shape index (κ2) is 7.22. The van der Waals surface area contributed by atoms with Gasteiger partial charge in [0.15, 0.2) is 0 Å². The van der Waals surface area contributed by atoms with E-state index in [2.05, 4.69) is 12.2 Å². The number of carbonyl (C=O) groups excluding carboxylic acids is 2. The molecule has 1 aliphatic heterocycles. The van der Waals surface area contributed by atoms with Gasteiger partial charge in [0.1, 0.15) is 0 Å². The van der Waals surface area contributed by atoms with Gasteiger partial charge < -0.3 is 16.0 Å². The van der Waals surface area contributed by atoms with E-state index in [1.807, 2.05) is 24.3 Å². The van der Waals surface area contributed by atoms with Crippen molar-refractivity contribution < 1.29 is 9.59 Å². The molecule has 3 N–H and O–H groups in total. The van der Waals surface area contributed by atoms with Gasteiger partial charge in [-0.1, -0.05) is 31.2 Å². The third-order valence-corrected chi connectivity index (χ3v) is 3.82. The Balaban J connectivity index is 1.87. The Bertz CT molecular complexity index is 516. The minimum absolute atomic E-state index is 0.349. The van der Waals surface area contributed by atoms with E-state index in [9.17, 15) is 9.59 Å². The van der Waals surface area contributed by atoms with Crippen molar-refractivity contribution in [3.05, 3.63) is 35.4 Å². The minimum Gasteiger partial charge on any atom is -0.344 e. The van der Waals surface area contributed by atoms with Gasteiger partial charge in [0.2, 0.25) is 0 Å². The SMILES string of the molecule is CC1CCCN(C(=O)C(=O)NCc2cccc(CN)c2)C1. The molecule has 1 saturated heterocycles. The lowest BCUT2D eigenvalue weighted by Crippen LogP contribution is -2.46. The quantitative estimate of drug-likeness (QED) is 0.816. The first kappa shape index (κ1) is 15.5. The number of hydrogen-bond donors (Lipinski definition) is 2. The molecule has 0 bridgehead atoms. The molecule has 1 aromatic rings. The Morgan fingerprint density at radius 2 is 2.14 bits per heavy atom. The van der Waals surface area contributed by atoms with Gasteiger partial charge in [-0.05, 0) is 29.9 Å². The topological polar surface area (TPSA) is 75.4 Å². The summed E-state index contributed by atoms with van der Waals surface area (Å²) in [7, 11) is 0. The third-order valence-electron chi connectivity index (χ3n) is 3.82. The molecule has 0 aliphatic carbocycles. The summed E-state index contributed by atoms with van der Waals surface area (Å²) in [6.07, 6.45) is 2.09. The van der Waals surface area contributed by atoms with Gasteiger partial charge in [0.25, 0.3) is 0 Å². The smallest absolute Gasteiger partial charge is 0.311 e. The molecule has 0 aromatic heterocycles. The van der Waals surface area contributed by atoms with Crippen LogP contribution in [0.5, 0.6) is 0 Å². The van der Waals surface area contributed by atoms with Crippen LogP contribution in [-0.2, 0) is 22.7 Å². The van der Waals surface area contributed by atoms with Gasteiger partial charge in [0, 0.05) is 26.2 Å². The minimum atomic E-state index is -0.526. The summed E-state index contributed by atoms with van der Waals surface area (Å²) in [6, 6.07) is 7.68. The summed E-state index contributed by atoms with van der Waals surface area (Å²) in [6.45, 7) is 4.28. The molecule has 1 unspecified atom stereocenters. The van der Waals surface area contributed by atoms with Crippen LogP contribution in [0.1, 0.15) is 30.9 Å². The summed E-state index contributed by atoms with van der Waals surface area (Å²) in [5.41, 5.74) is 7.55.